The molecule has 1 amide bonds. The van der Waals surface area contributed by atoms with Crippen molar-refractivity contribution in [3.8, 4) is 11.3 Å². The van der Waals surface area contributed by atoms with Gasteiger partial charge in [-0.05, 0) is 24.1 Å². The summed E-state index contributed by atoms with van der Waals surface area (Å²) in [4.78, 5) is 13.0. The number of amides is 1. The van der Waals surface area contributed by atoms with Gasteiger partial charge in [0.2, 0.25) is 0 Å². The van der Waals surface area contributed by atoms with Gasteiger partial charge in [0.1, 0.15) is 0 Å². The molecule has 1 unspecified atom stereocenters. The van der Waals surface area contributed by atoms with E-state index in [9.17, 15) is 18.0 Å². The summed E-state index contributed by atoms with van der Waals surface area (Å²) in [6.45, 7) is 0.103. The van der Waals surface area contributed by atoms with E-state index in [0.717, 1.165) is 23.4 Å². The summed E-state index contributed by atoms with van der Waals surface area (Å²) in [5, 5.41) is 12.3. The van der Waals surface area contributed by atoms with Gasteiger partial charge in [0.15, 0.2) is 0 Å². The van der Waals surface area contributed by atoms with Gasteiger partial charge in [-0.15, -0.1) is 16.4 Å². The maximum absolute atomic E-state index is 12.9. The lowest BCUT2D eigenvalue weighted by molar-refractivity contribution is -0.137. The smallest absolute Gasteiger partial charge is 0.347 e. The quantitative estimate of drug-likeness (QED) is 0.656. The molecule has 148 valence electrons. The summed E-state index contributed by atoms with van der Waals surface area (Å²) in [5.74, 6) is -0.325. The minimum absolute atomic E-state index is 0.103. The van der Waals surface area contributed by atoms with E-state index >= 15 is 0 Å². The summed E-state index contributed by atoms with van der Waals surface area (Å²) in [7, 11) is 1.75. The highest BCUT2D eigenvalue weighted by molar-refractivity contribution is 7.12. The van der Waals surface area contributed by atoms with Gasteiger partial charge in [-0.3, -0.25) is 4.79 Å². The van der Waals surface area contributed by atoms with Crippen molar-refractivity contribution < 1.29 is 18.0 Å². The second kappa shape index (κ2) is 8.11. The van der Waals surface area contributed by atoms with Crippen molar-refractivity contribution in [3.63, 3.8) is 0 Å². The van der Waals surface area contributed by atoms with Crippen LogP contribution in [0.5, 0.6) is 0 Å². The first-order chi connectivity index (χ1) is 13.3. The monoisotopic (exact) mass is 409 g/mol. The van der Waals surface area contributed by atoms with Crippen molar-refractivity contribution in [1.29, 1.82) is 0 Å². The predicted molar refractivity (Wildman–Crippen MR) is 99.8 cm³/mol. The number of hydrogen-bond donors (Lipinski definition) is 2. The molecule has 6 nitrogen and oxygen atoms in total. The van der Waals surface area contributed by atoms with Crippen LogP contribution in [0.2, 0.25) is 0 Å². The number of aromatic nitrogens is 3. The third-order valence-corrected chi connectivity index (χ3v) is 5.12. The molecule has 0 saturated carbocycles. The number of nitrogens with one attached hydrogen (secondary N) is 1. The van der Waals surface area contributed by atoms with Crippen LogP contribution in [0.25, 0.3) is 11.3 Å². The Hall–Kier alpha value is -2.72. The van der Waals surface area contributed by atoms with E-state index in [1.807, 2.05) is 5.38 Å². The van der Waals surface area contributed by atoms with Crippen LogP contribution in [-0.4, -0.2) is 33.5 Å². The average molecular weight is 409 g/mol. The number of nitrogens with zero attached hydrogens (tertiary/aromatic N) is 3. The van der Waals surface area contributed by atoms with Gasteiger partial charge in [-0.2, -0.15) is 13.2 Å². The van der Waals surface area contributed by atoms with Crippen molar-refractivity contribution in [2.45, 2.75) is 18.6 Å². The number of thiophene rings is 1. The summed E-state index contributed by atoms with van der Waals surface area (Å²) in [6, 6.07) is 6.26. The third-order valence-electron chi connectivity index (χ3n) is 4.19. The van der Waals surface area contributed by atoms with Crippen LogP contribution in [0, 0.1) is 0 Å². The van der Waals surface area contributed by atoms with Gasteiger partial charge in [0, 0.05) is 30.6 Å². The molecule has 0 fully saturated rings. The number of hydrogen-bond acceptors (Lipinski definition) is 5. The Morgan fingerprint density at radius 3 is 2.79 bits per heavy atom. The molecule has 2 aromatic heterocycles. The van der Waals surface area contributed by atoms with Crippen molar-refractivity contribution >= 4 is 17.2 Å². The molecule has 1 aromatic carbocycles. The van der Waals surface area contributed by atoms with Crippen LogP contribution >= 0.6 is 11.3 Å². The molecule has 0 aliphatic rings. The molecule has 3 N–H and O–H groups in total. The van der Waals surface area contributed by atoms with Crippen molar-refractivity contribution in [3.05, 3.63) is 57.9 Å². The van der Waals surface area contributed by atoms with Crippen LogP contribution in [0.3, 0.4) is 0 Å². The van der Waals surface area contributed by atoms with Crippen LogP contribution in [0.4, 0.5) is 13.2 Å². The van der Waals surface area contributed by atoms with E-state index in [0.29, 0.717) is 10.4 Å². The molecule has 28 heavy (non-hydrogen) atoms. The van der Waals surface area contributed by atoms with Crippen molar-refractivity contribution in [2.75, 3.05) is 6.54 Å². The SMILES string of the molecule is Cn1nncc1-c1csc(C(=O)NC(CN)Cc2cccc(C(F)(F)F)c2)c1. The van der Waals surface area contributed by atoms with E-state index in [1.54, 1.807) is 30.1 Å². The number of carbonyl (C=O) groups excluding carboxylic acids is 1. The molecular formula is C18H18F3N5OS. The van der Waals surface area contributed by atoms with E-state index in [2.05, 4.69) is 15.6 Å². The molecule has 0 aliphatic carbocycles. The molecule has 0 bridgehead atoms. The number of nitrogens with two attached hydrogens (primary N) is 1. The van der Waals surface area contributed by atoms with Gasteiger partial charge in [0.25, 0.3) is 5.91 Å². The Morgan fingerprint density at radius 2 is 2.14 bits per heavy atom. The van der Waals surface area contributed by atoms with Gasteiger partial charge in [0.05, 0.1) is 22.3 Å². The normalized spacial score (nSPS) is 12.8. The number of rotatable bonds is 6. The first-order valence-corrected chi connectivity index (χ1v) is 9.26. The molecule has 0 saturated heterocycles. The lowest BCUT2D eigenvalue weighted by Crippen LogP contribution is -2.41. The maximum Gasteiger partial charge on any atom is 0.416 e. The van der Waals surface area contributed by atoms with Crippen molar-refractivity contribution in [1.82, 2.24) is 20.3 Å². The lowest BCUT2D eigenvalue weighted by atomic mass is 10.0. The molecular weight excluding hydrogens is 391 g/mol. The second-order valence-corrected chi connectivity index (χ2v) is 7.16. The van der Waals surface area contributed by atoms with E-state index in [1.165, 1.54) is 17.4 Å². The number of carbonyl (C=O) groups is 1. The molecule has 3 aromatic rings. The maximum atomic E-state index is 12.9. The molecule has 0 radical (unpaired) electrons. The Bertz CT molecular complexity index is 966. The number of aryl methyl sites for hydroxylation is 1. The van der Waals surface area contributed by atoms with Gasteiger partial charge < -0.3 is 11.1 Å². The molecule has 2 heterocycles. The largest absolute Gasteiger partial charge is 0.416 e. The minimum atomic E-state index is -4.41. The second-order valence-electron chi connectivity index (χ2n) is 6.25. The van der Waals surface area contributed by atoms with E-state index in [-0.39, 0.29) is 18.9 Å². The predicted octanol–water partition coefficient (Wildman–Crippen LogP) is 2.86. The zero-order valence-corrected chi connectivity index (χ0v) is 15.7. The average Bonchev–Trinajstić information content (AvgIpc) is 3.29. The highest BCUT2D eigenvalue weighted by atomic mass is 32.1. The zero-order valence-electron chi connectivity index (χ0n) is 14.9. The molecule has 0 aliphatic heterocycles. The fourth-order valence-electron chi connectivity index (χ4n) is 2.75. The summed E-state index contributed by atoms with van der Waals surface area (Å²) >= 11 is 1.26. The van der Waals surface area contributed by atoms with Gasteiger partial charge in [-0.1, -0.05) is 23.4 Å². The van der Waals surface area contributed by atoms with Crippen LogP contribution in [0.1, 0.15) is 20.8 Å². The molecule has 0 spiro atoms. The van der Waals surface area contributed by atoms with Gasteiger partial charge in [-0.25, -0.2) is 4.68 Å². The Kier molecular flexibility index (Phi) is 5.80. The Morgan fingerprint density at radius 1 is 1.36 bits per heavy atom. The summed E-state index contributed by atoms with van der Waals surface area (Å²) < 4.78 is 40.2. The summed E-state index contributed by atoms with van der Waals surface area (Å²) in [5.41, 5.74) is 7.04. The summed E-state index contributed by atoms with van der Waals surface area (Å²) in [6.07, 6.45) is -2.61. The van der Waals surface area contributed by atoms with E-state index < -0.39 is 17.8 Å². The van der Waals surface area contributed by atoms with Gasteiger partial charge >= 0.3 is 6.18 Å². The van der Waals surface area contributed by atoms with E-state index in [4.69, 9.17) is 5.73 Å². The number of alkyl halides is 3. The molecule has 3 rings (SSSR count). The Balaban J connectivity index is 1.69. The first-order valence-electron chi connectivity index (χ1n) is 8.38. The Labute approximate surface area is 163 Å². The topological polar surface area (TPSA) is 85.8 Å². The highest BCUT2D eigenvalue weighted by Crippen LogP contribution is 2.30. The standard InChI is InChI=1S/C18H18F3N5OS/c1-26-15(9-23-25-26)12-7-16(28-10-12)17(27)24-14(8-22)6-11-3-2-4-13(5-11)18(19,20)21/h2-5,7,9-10,14H,6,8,22H2,1H3,(H,24,27). The van der Waals surface area contributed by atoms with Crippen LogP contribution in [0.15, 0.2) is 41.9 Å². The van der Waals surface area contributed by atoms with Crippen LogP contribution in [-0.2, 0) is 19.6 Å². The zero-order chi connectivity index (χ0) is 20.3. The fraction of sp³-hybridized carbons (Fsp3) is 0.278. The fourth-order valence-corrected chi connectivity index (χ4v) is 3.55. The lowest BCUT2D eigenvalue weighted by Gasteiger charge is -2.17. The van der Waals surface area contributed by atoms with Crippen molar-refractivity contribution in [2.24, 2.45) is 12.8 Å². The number of benzene rings is 1. The molecule has 1 atom stereocenters. The molecule has 10 heteroatoms. The highest BCUT2D eigenvalue weighted by Gasteiger charge is 2.30. The third kappa shape index (κ3) is 4.57. The first kappa shape index (κ1) is 20.0. The van der Waals surface area contributed by atoms with Crippen LogP contribution < -0.4 is 11.1 Å². The number of halogens is 3. The minimum Gasteiger partial charge on any atom is -0.347 e.